The van der Waals surface area contributed by atoms with Gasteiger partial charge in [-0.1, -0.05) is 12.1 Å². The molecule has 8 heteroatoms. The maximum absolute atomic E-state index is 12.8. The number of fused-ring (bicyclic) bond motifs is 1. The third-order valence-corrected chi connectivity index (χ3v) is 4.99. The first-order valence-corrected chi connectivity index (χ1v) is 9.24. The summed E-state index contributed by atoms with van der Waals surface area (Å²) in [6.07, 6.45) is -0.0144. The fourth-order valence-electron chi connectivity index (χ4n) is 3.42. The number of nitrogens with zero attached hydrogens (tertiary/aromatic N) is 1. The van der Waals surface area contributed by atoms with Gasteiger partial charge >= 0.3 is 6.09 Å². The Morgan fingerprint density at radius 1 is 1.29 bits per heavy atom. The van der Waals surface area contributed by atoms with E-state index in [2.05, 4.69) is 10.6 Å². The Hall–Kier alpha value is -2.90. The topological polar surface area (TPSA) is 105 Å². The first kappa shape index (κ1) is 19.9. The minimum Gasteiger partial charge on any atom is -0.444 e. The van der Waals surface area contributed by atoms with Gasteiger partial charge in [0.15, 0.2) is 0 Å². The Kier molecular flexibility index (Phi) is 4.91. The molecule has 1 unspecified atom stereocenters. The van der Waals surface area contributed by atoms with Crippen molar-refractivity contribution in [2.75, 3.05) is 0 Å². The van der Waals surface area contributed by atoms with E-state index in [0.29, 0.717) is 12.0 Å². The molecule has 0 bridgehead atoms. The molecule has 1 fully saturated rings. The second kappa shape index (κ2) is 6.92. The molecule has 2 heterocycles. The van der Waals surface area contributed by atoms with Crippen LogP contribution in [0.4, 0.5) is 4.79 Å². The van der Waals surface area contributed by atoms with Gasteiger partial charge in [-0.05, 0) is 51.3 Å². The van der Waals surface area contributed by atoms with Crippen LogP contribution in [0.3, 0.4) is 0 Å². The summed E-state index contributed by atoms with van der Waals surface area (Å²) in [5.74, 6) is -0.993. The summed E-state index contributed by atoms with van der Waals surface area (Å²) < 4.78 is 5.21. The molecule has 1 atom stereocenters. The highest BCUT2D eigenvalue weighted by Crippen LogP contribution is 2.34. The van der Waals surface area contributed by atoms with Gasteiger partial charge in [-0.2, -0.15) is 0 Å². The average Bonchev–Trinajstić information content (AvgIpc) is 2.92. The molecule has 4 amide bonds. The first-order valence-electron chi connectivity index (χ1n) is 9.24. The van der Waals surface area contributed by atoms with Crippen molar-refractivity contribution in [3.63, 3.8) is 0 Å². The molecule has 150 valence electrons. The number of alkyl carbamates (subject to hydrolysis) is 1. The number of amides is 4. The largest absolute Gasteiger partial charge is 0.444 e. The number of carbonyl (C=O) groups excluding carboxylic acids is 4. The summed E-state index contributed by atoms with van der Waals surface area (Å²) in [7, 11) is 0. The maximum atomic E-state index is 12.8. The minimum atomic E-state index is -1.06. The monoisotopic (exact) mass is 387 g/mol. The number of carbonyl (C=O) groups is 4. The molecule has 1 aromatic rings. The number of nitrogens with one attached hydrogen (secondary N) is 2. The highest BCUT2D eigenvalue weighted by molar-refractivity contribution is 6.07. The molecule has 0 spiro atoms. The molecule has 0 aliphatic carbocycles. The van der Waals surface area contributed by atoms with Gasteiger partial charge in [0.1, 0.15) is 11.1 Å². The van der Waals surface area contributed by atoms with Gasteiger partial charge in [0.2, 0.25) is 5.91 Å². The lowest BCUT2D eigenvalue weighted by Gasteiger charge is -2.39. The molecule has 2 N–H and O–H groups in total. The van der Waals surface area contributed by atoms with Gasteiger partial charge in [0, 0.05) is 25.1 Å². The van der Waals surface area contributed by atoms with Crippen molar-refractivity contribution in [3.8, 4) is 0 Å². The third kappa shape index (κ3) is 3.85. The summed E-state index contributed by atoms with van der Waals surface area (Å²) in [5.41, 5.74) is 0.518. The standard InChI is InChI=1S/C20H25N3O5/c1-19(2,3)28-18(27)21-10-12-5-6-14-13(9-12)11-23(16(14)25)20(4)8-7-15(24)22-17(20)26/h5-6,9H,7-8,10-11H2,1-4H3,(H,21,27)(H,22,24,26). The zero-order chi connectivity index (χ0) is 20.7. The van der Waals surface area contributed by atoms with Crippen LogP contribution in [0.15, 0.2) is 18.2 Å². The summed E-state index contributed by atoms with van der Waals surface area (Å²) in [6, 6.07) is 5.32. The number of hydrogen-bond donors (Lipinski definition) is 2. The molecule has 2 aliphatic rings. The van der Waals surface area contributed by atoms with Gasteiger partial charge < -0.3 is 15.0 Å². The molecular weight excluding hydrogens is 362 g/mol. The van der Waals surface area contributed by atoms with Crippen LogP contribution in [0.25, 0.3) is 0 Å². The van der Waals surface area contributed by atoms with Crippen LogP contribution < -0.4 is 10.6 Å². The number of rotatable bonds is 3. The van der Waals surface area contributed by atoms with E-state index in [1.54, 1.807) is 39.8 Å². The van der Waals surface area contributed by atoms with Gasteiger partial charge in [-0.3, -0.25) is 19.7 Å². The molecule has 1 saturated heterocycles. The van der Waals surface area contributed by atoms with Crippen molar-refractivity contribution < 1.29 is 23.9 Å². The minimum absolute atomic E-state index is 0.202. The van der Waals surface area contributed by atoms with Crippen molar-refractivity contribution in [1.29, 1.82) is 0 Å². The second-order valence-electron chi connectivity index (χ2n) is 8.39. The summed E-state index contributed by atoms with van der Waals surface area (Å²) in [5, 5.41) is 5.01. The second-order valence-corrected chi connectivity index (χ2v) is 8.39. The molecule has 0 aromatic heterocycles. The highest BCUT2D eigenvalue weighted by Gasteiger charge is 2.48. The molecule has 8 nitrogen and oxygen atoms in total. The number of ether oxygens (including phenoxy) is 1. The number of hydrogen-bond acceptors (Lipinski definition) is 5. The van der Waals surface area contributed by atoms with Crippen molar-refractivity contribution in [1.82, 2.24) is 15.5 Å². The molecule has 0 radical (unpaired) electrons. The van der Waals surface area contributed by atoms with Gasteiger partial charge in [-0.15, -0.1) is 0 Å². The molecule has 1 aromatic carbocycles. The normalized spacial score (nSPS) is 22.0. The quantitative estimate of drug-likeness (QED) is 0.771. The first-order chi connectivity index (χ1) is 13.0. The van der Waals surface area contributed by atoms with E-state index in [1.165, 1.54) is 4.90 Å². The van der Waals surface area contributed by atoms with Gasteiger partial charge in [0.25, 0.3) is 11.8 Å². The summed E-state index contributed by atoms with van der Waals surface area (Å²) in [4.78, 5) is 50.0. The molecular formula is C20H25N3O5. The summed E-state index contributed by atoms with van der Waals surface area (Å²) in [6.45, 7) is 7.60. The number of piperidine rings is 1. The Labute approximate surface area is 163 Å². The molecule has 2 aliphatic heterocycles. The number of benzene rings is 1. The van der Waals surface area contributed by atoms with Crippen LogP contribution in [0.1, 0.15) is 62.0 Å². The van der Waals surface area contributed by atoms with Crippen molar-refractivity contribution >= 4 is 23.8 Å². The number of imide groups is 1. The van der Waals surface area contributed by atoms with Crippen LogP contribution >= 0.6 is 0 Å². The van der Waals surface area contributed by atoms with Crippen LogP contribution in [-0.4, -0.2) is 39.9 Å². The lowest BCUT2D eigenvalue weighted by atomic mass is 9.89. The zero-order valence-electron chi connectivity index (χ0n) is 16.5. The average molecular weight is 387 g/mol. The predicted octanol–water partition coefficient (Wildman–Crippen LogP) is 1.86. The Morgan fingerprint density at radius 3 is 2.64 bits per heavy atom. The van der Waals surface area contributed by atoms with Crippen molar-refractivity contribution in [3.05, 3.63) is 34.9 Å². The van der Waals surface area contributed by atoms with E-state index in [9.17, 15) is 19.2 Å². The lowest BCUT2D eigenvalue weighted by Crippen LogP contribution is -2.61. The molecule has 0 saturated carbocycles. The Balaban J connectivity index is 1.71. The van der Waals surface area contributed by atoms with E-state index in [4.69, 9.17) is 4.74 Å². The van der Waals surface area contributed by atoms with Gasteiger partial charge in [-0.25, -0.2) is 4.79 Å². The third-order valence-electron chi connectivity index (χ3n) is 4.99. The van der Waals surface area contributed by atoms with E-state index in [0.717, 1.165) is 11.1 Å². The molecule has 28 heavy (non-hydrogen) atoms. The van der Waals surface area contributed by atoms with Crippen LogP contribution in [0, 0.1) is 0 Å². The van der Waals surface area contributed by atoms with Crippen LogP contribution in [0.5, 0.6) is 0 Å². The zero-order valence-corrected chi connectivity index (χ0v) is 16.5. The SMILES string of the molecule is CC(C)(C)OC(=O)NCc1ccc2c(c1)CN(C1(C)CCC(=O)NC1=O)C2=O. The molecule has 3 rings (SSSR count). The fraction of sp³-hybridized carbons (Fsp3) is 0.500. The Morgan fingerprint density at radius 2 is 2.00 bits per heavy atom. The summed E-state index contributed by atoms with van der Waals surface area (Å²) >= 11 is 0. The van der Waals surface area contributed by atoms with Crippen molar-refractivity contribution in [2.45, 2.75) is 64.8 Å². The Bertz CT molecular complexity index is 858. The fourth-order valence-corrected chi connectivity index (χ4v) is 3.42. The van der Waals surface area contributed by atoms with E-state index < -0.39 is 23.1 Å². The van der Waals surface area contributed by atoms with Crippen LogP contribution in [0.2, 0.25) is 0 Å². The predicted molar refractivity (Wildman–Crippen MR) is 100 cm³/mol. The smallest absolute Gasteiger partial charge is 0.407 e. The van der Waals surface area contributed by atoms with Crippen molar-refractivity contribution in [2.24, 2.45) is 0 Å². The van der Waals surface area contributed by atoms with E-state index in [1.807, 2.05) is 6.07 Å². The van der Waals surface area contributed by atoms with E-state index in [-0.39, 0.29) is 31.3 Å². The van der Waals surface area contributed by atoms with Crippen LogP contribution in [-0.2, 0) is 27.4 Å². The van der Waals surface area contributed by atoms with E-state index >= 15 is 0 Å². The maximum Gasteiger partial charge on any atom is 0.407 e. The highest BCUT2D eigenvalue weighted by atomic mass is 16.6. The van der Waals surface area contributed by atoms with Gasteiger partial charge in [0.05, 0.1) is 0 Å². The lowest BCUT2D eigenvalue weighted by molar-refractivity contribution is -0.142.